The first-order valence-electron chi connectivity index (χ1n) is 4.67. The molecule has 0 bridgehead atoms. The Bertz CT molecular complexity index is 161. The number of rotatable bonds is 6. The molecule has 0 heterocycles. The third kappa shape index (κ3) is 6.21. The molecule has 1 atom stereocenters. The Labute approximate surface area is 82.6 Å². The van der Waals surface area contributed by atoms with Crippen LogP contribution >= 0.6 is 0 Å². The monoisotopic (exact) mass is 213 g/mol. The van der Waals surface area contributed by atoms with Crippen LogP contribution in [0.15, 0.2) is 0 Å². The van der Waals surface area contributed by atoms with E-state index in [0.717, 1.165) is 12.8 Å². The molecule has 0 aliphatic carbocycles. The van der Waals surface area contributed by atoms with E-state index in [2.05, 4.69) is 4.74 Å². The Morgan fingerprint density at radius 1 is 1.21 bits per heavy atom. The summed E-state index contributed by atoms with van der Waals surface area (Å²) in [6, 6.07) is 0. The van der Waals surface area contributed by atoms with Crippen molar-refractivity contribution in [1.29, 1.82) is 0 Å². The van der Waals surface area contributed by atoms with E-state index in [1.54, 1.807) is 0 Å². The van der Waals surface area contributed by atoms with Crippen molar-refractivity contribution >= 4 is 0 Å². The lowest BCUT2D eigenvalue weighted by molar-refractivity contribution is -0.180. The maximum Gasteiger partial charge on any atom is 0.411 e. The van der Waals surface area contributed by atoms with E-state index in [-0.39, 0.29) is 12.0 Å². The maximum absolute atomic E-state index is 11.8. The smallest absolute Gasteiger partial charge is 0.371 e. The van der Waals surface area contributed by atoms with E-state index in [1.807, 2.05) is 13.8 Å². The van der Waals surface area contributed by atoms with Crippen molar-refractivity contribution in [3.05, 3.63) is 0 Å². The first-order chi connectivity index (χ1) is 6.33. The van der Waals surface area contributed by atoms with E-state index in [4.69, 9.17) is 5.73 Å². The van der Waals surface area contributed by atoms with Crippen LogP contribution in [0.5, 0.6) is 0 Å². The van der Waals surface area contributed by atoms with Crippen molar-refractivity contribution in [3.63, 3.8) is 0 Å². The van der Waals surface area contributed by atoms with Crippen LogP contribution in [0.4, 0.5) is 13.2 Å². The van der Waals surface area contributed by atoms with Crippen LogP contribution in [0.2, 0.25) is 0 Å². The maximum atomic E-state index is 11.8. The molecule has 2 N–H and O–H groups in total. The standard InChI is InChI=1S/C9H18F3NO/c1-3-4-8(2,5-13)6-14-7-9(10,11)12/h3-7,13H2,1-2H3. The van der Waals surface area contributed by atoms with Gasteiger partial charge in [-0.05, 0) is 13.0 Å². The number of hydrogen-bond donors (Lipinski definition) is 1. The second-order valence-corrected chi connectivity index (χ2v) is 3.87. The van der Waals surface area contributed by atoms with Gasteiger partial charge in [0.25, 0.3) is 0 Å². The van der Waals surface area contributed by atoms with E-state index in [0.29, 0.717) is 6.54 Å². The van der Waals surface area contributed by atoms with Gasteiger partial charge < -0.3 is 10.5 Å². The Morgan fingerprint density at radius 2 is 1.79 bits per heavy atom. The number of ether oxygens (including phenoxy) is 1. The lowest BCUT2D eigenvalue weighted by atomic mass is 9.87. The minimum Gasteiger partial charge on any atom is -0.371 e. The molecule has 0 saturated carbocycles. The van der Waals surface area contributed by atoms with Crippen LogP contribution < -0.4 is 5.73 Å². The molecule has 14 heavy (non-hydrogen) atoms. The summed E-state index contributed by atoms with van der Waals surface area (Å²) in [6.07, 6.45) is -2.58. The summed E-state index contributed by atoms with van der Waals surface area (Å²) in [6.45, 7) is 3.03. The highest BCUT2D eigenvalue weighted by Crippen LogP contribution is 2.23. The Hall–Kier alpha value is -0.290. The molecule has 5 heteroatoms. The van der Waals surface area contributed by atoms with Gasteiger partial charge in [-0.25, -0.2) is 0 Å². The summed E-state index contributed by atoms with van der Waals surface area (Å²) in [4.78, 5) is 0. The number of nitrogens with two attached hydrogens (primary N) is 1. The number of alkyl halides is 3. The van der Waals surface area contributed by atoms with Gasteiger partial charge in [0.1, 0.15) is 6.61 Å². The molecule has 2 nitrogen and oxygen atoms in total. The topological polar surface area (TPSA) is 35.2 Å². The van der Waals surface area contributed by atoms with Crippen molar-refractivity contribution in [2.75, 3.05) is 19.8 Å². The molecule has 0 fully saturated rings. The number of hydrogen-bond acceptors (Lipinski definition) is 2. The van der Waals surface area contributed by atoms with Gasteiger partial charge in [0.2, 0.25) is 0 Å². The molecular weight excluding hydrogens is 195 g/mol. The van der Waals surface area contributed by atoms with Gasteiger partial charge in [-0.2, -0.15) is 13.2 Å². The Kier molecular flexibility index (Phi) is 5.44. The summed E-state index contributed by atoms with van der Waals surface area (Å²) < 4.78 is 39.9. The van der Waals surface area contributed by atoms with E-state index in [9.17, 15) is 13.2 Å². The fraction of sp³-hybridized carbons (Fsp3) is 1.00. The summed E-state index contributed by atoms with van der Waals surface area (Å²) in [5.74, 6) is 0. The van der Waals surface area contributed by atoms with Gasteiger partial charge in [0.15, 0.2) is 0 Å². The van der Waals surface area contributed by atoms with Crippen molar-refractivity contribution in [1.82, 2.24) is 0 Å². The number of halogens is 3. The fourth-order valence-corrected chi connectivity index (χ4v) is 1.25. The van der Waals surface area contributed by atoms with Crippen molar-refractivity contribution in [2.45, 2.75) is 32.9 Å². The lowest BCUT2D eigenvalue weighted by Crippen LogP contribution is -2.33. The SMILES string of the molecule is CCCC(C)(CN)COCC(F)(F)F. The highest BCUT2D eigenvalue weighted by atomic mass is 19.4. The van der Waals surface area contributed by atoms with Gasteiger partial charge >= 0.3 is 6.18 Å². The van der Waals surface area contributed by atoms with E-state index in [1.165, 1.54) is 0 Å². The predicted octanol–water partition coefficient (Wildman–Crippen LogP) is 2.33. The van der Waals surface area contributed by atoms with E-state index >= 15 is 0 Å². The van der Waals surface area contributed by atoms with Crippen molar-refractivity contribution < 1.29 is 17.9 Å². The lowest BCUT2D eigenvalue weighted by Gasteiger charge is -2.27. The van der Waals surface area contributed by atoms with Gasteiger partial charge in [-0.15, -0.1) is 0 Å². The molecule has 0 rings (SSSR count). The summed E-state index contributed by atoms with van der Waals surface area (Å²) >= 11 is 0. The second kappa shape index (κ2) is 5.56. The third-order valence-electron chi connectivity index (χ3n) is 2.06. The largest absolute Gasteiger partial charge is 0.411 e. The molecule has 0 aliphatic rings. The summed E-state index contributed by atoms with van der Waals surface area (Å²) in [5.41, 5.74) is 5.15. The molecule has 0 aromatic carbocycles. The van der Waals surface area contributed by atoms with Crippen LogP contribution in [-0.4, -0.2) is 25.9 Å². The third-order valence-corrected chi connectivity index (χ3v) is 2.06. The quantitative estimate of drug-likeness (QED) is 0.735. The Morgan fingerprint density at radius 3 is 2.14 bits per heavy atom. The van der Waals surface area contributed by atoms with Crippen LogP contribution in [0.3, 0.4) is 0 Å². The molecule has 0 saturated heterocycles. The van der Waals surface area contributed by atoms with Crippen LogP contribution in [0.25, 0.3) is 0 Å². The predicted molar refractivity (Wildman–Crippen MR) is 48.9 cm³/mol. The van der Waals surface area contributed by atoms with Gasteiger partial charge in [-0.3, -0.25) is 0 Å². The fourth-order valence-electron chi connectivity index (χ4n) is 1.25. The van der Waals surface area contributed by atoms with Crippen LogP contribution in [0, 0.1) is 5.41 Å². The molecule has 1 unspecified atom stereocenters. The zero-order valence-electron chi connectivity index (χ0n) is 8.66. The highest BCUT2D eigenvalue weighted by Gasteiger charge is 2.30. The van der Waals surface area contributed by atoms with Crippen molar-refractivity contribution in [3.8, 4) is 0 Å². The van der Waals surface area contributed by atoms with E-state index < -0.39 is 12.8 Å². The zero-order valence-corrected chi connectivity index (χ0v) is 8.66. The molecular formula is C9H18F3NO. The normalized spacial score (nSPS) is 16.7. The average Bonchev–Trinajstić information content (AvgIpc) is 2.02. The van der Waals surface area contributed by atoms with Gasteiger partial charge in [0, 0.05) is 5.41 Å². The molecule has 0 radical (unpaired) electrons. The summed E-state index contributed by atoms with van der Waals surface area (Å²) in [7, 11) is 0. The Balaban J connectivity index is 3.84. The van der Waals surface area contributed by atoms with Gasteiger partial charge in [0.05, 0.1) is 6.61 Å². The minimum absolute atomic E-state index is 0.0663. The summed E-state index contributed by atoms with van der Waals surface area (Å²) in [5, 5.41) is 0. The minimum atomic E-state index is -4.25. The van der Waals surface area contributed by atoms with Crippen molar-refractivity contribution in [2.24, 2.45) is 11.1 Å². The first kappa shape index (κ1) is 13.7. The zero-order chi connectivity index (χ0) is 11.2. The average molecular weight is 213 g/mol. The molecule has 0 aliphatic heterocycles. The highest BCUT2D eigenvalue weighted by molar-refractivity contribution is 4.74. The van der Waals surface area contributed by atoms with Crippen LogP contribution in [-0.2, 0) is 4.74 Å². The molecule has 0 aromatic rings. The molecule has 0 aromatic heterocycles. The molecule has 86 valence electrons. The van der Waals surface area contributed by atoms with Gasteiger partial charge in [-0.1, -0.05) is 20.3 Å². The molecule has 0 spiro atoms. The van der Waals surface area contributed by atoms with Crippen LogP contribution in [0.1, 0.15) is 26.7 Å². The second-order valence-electron chi connectivity index (χ2n) is 3.87. The molecule has 0 amide bonds. The first-order valence-corrected chi connectivity index (χ1v) is 4.67.